The number of alkyl halides is 6. The Morgan fingerprint density at radius 3 is 1.89 bits per heavy atom. The molecule has 6 nitrogen and oxygen atoms in total. The summed E-state index contributed by atoms with van der Waals surface area (Å²) >= 11 is 32.3. The summed E-state index contributed by atoms with van der Waals surface area (Å²) < 4.78 is -4.41. The third-order valence-electron chi connectivity index (χ3n) is 1.76. The summed E-state index contributed by atoms with van der Waals surface area (Å²) in [5.41, 5.74) is 0. The van der Waals surface area contributed by atoms with Crippen LogP contribution < -0.4 is 5.32 Å². The first kappa shape index (κ1) is 19.9. The van der Waals surface area contributed by atoms with Gasteiger partial charge in [-0.15, -0.1) is 0 Å². The largest absolute Gasteiger partial charge is 0.395 e. The van der Waals surface area contributed by atoms with Crippen molar-refractivity contribution in [2.24, 2.45) is 0 Å². The van der Waals surface area contributed by atoms with Gasteiger partial charge in [-0.1, -0.05) is 69.6 Å². The molecule has 0 spiro atoms. The Hall–Kier alpha value is 0.890. The number of carbonyl (C=O) groups excluding carboxylic acids is 1. The van der Waals surface area contributed by atoms with Crippen molar-refractivity contribution < 1.29 is 20.1 Å². The minimum absolute atomic E-state index is 0.381. The third kappa shape index (κ3) is 6.93. The Bertz CT molecular complexity index is 307. The summed E-state index contributed by atoms with van der Waals surface area (Å²) in [5.74, 6) is 0. The molecule has 2 amide bonds. The second-order valence-electron chi connectivity index (χ2n) is 3.23. The molecule has 0 aromatic heterocycles. The Morgan fingerprint density at radius 2 is 1.58 bits per heavy atom. The molecule has 2 unspecified atom stereocenters. The van der Waals surface area contributed by atoms with Gasteiger partial charge >= 0.3 is 6.03 Å². The maximum absolute atomic E-state index is 11.7. The molecule has 19 heavy (non-hydrogen) atoms. The average molecular weight is 399 g/mol. The first-order valence-corrected chi connectivity index (χ1v) is 6.85. The van der Waals surface area contributed by atoms with Gasteiger partial charge in [0, 0.05) is 6.54 Å². The molecular formula is C7H10Cl6N2O4. The Balaban J connectivity index is 4.86. The van der Waals surface area contributed by atoms with Gasteiger partial charge in [-0.2, -0.15) is 0 Å². The van der Waals surface area contributed by atoms with E-state index in [1.165, 1.54) is 0 Å². The van der Waals surface area contributed by atoms with Crippen LogP contribution in [0.3, 0.4) is 0 Å². The number of nitrogens with zero attached hydrogens (tertiary/aromatic N) is 1. The molecule has 0 saturated carbocycles. The number of amides is 2. The van der Waals surface area contributed by atoms with Crippen LogP contribution in [0.25, 0.3) is 0 Å². The minimum atomic E-state index is -2.22. The number of halogens is 6. The number of rotatable bonds is 4. The summed E-state index contributed by atoms with van der Waals surface area (Å²) in [7, 11) is 0. The van der Waals surface area contributed by atoms with Crippen LogP contribution in [0.15, 0.2) is 0 Å². The monoisotopic (exact) mass is 396 g/mol. The Morgan fingerprint density at radius 1 is 1.11 bits per heavy atom. The first-order chi connectivity index (χ1) is 8.41. The van der Waals surface area contributed by atoms with E-state index in [1.54, 1.807) is 0 Å². The van der Waals surface area contributed by atoms with Gasteiger partial charge in [0.05, 0.1) is 6.61 Å². The fourth-order valence-electron chi connectivity index (χ4n) is 0.901. The van der Waals surface area contributed by atoms with Crippen LogP contribution in [0.4, 0.5) is 4.79 Å². The molecule has 0 saturated heterocycles. The van der Waals surface area contributed by atoms with E-state index in [-0.39, 0.29) is 6.54 Å². The van der Waals surface area contributed by atoms with Crippen molar-refractivity contribution in [1.29, 1.82) is 0 Å². The normalized spacial score (nSPS) is 15.8. The van der Waals surface area contributed by atoms with Gasteiger partial charge in [-0.25, -0.2) is 4.79 Å². The predicted molar refractivity (Wildman–Crippen MR) is 74.9 cm³/mol. The van der Waals surface area contributed by atoms with Gasteiger partial charge in [0.15, 0.2) is 12.5 Å². The molecule has 0 heterocycles. The summed E-state index contributed by atoms with van der Waals surface area (Å²) in [6.45, 7) is -0.914. The topological polar surface area (TPSA) is 93.0 Å². The van der Waals surface area contributed by atoms with E-state index in [2.05, 4.69) is 0 Å². The fourth-order valence-corrected chi connectivity index (χ4v) is 1.42. The van der Waals surface area contributed by atoms with Crippen LogP contribution in [0, 0.1) is 0 Å². The second-order valence-corrected chi connectivity index (χ2v) is 7.96. The molecule has 0 fully saturated rings. The van der Waals surface area contributed by atoms with Gasteiger partial charge in [0.25, 0.3) is 0 Å². The summed E-state index contributed by atoms with van der Waals surface area (Å²) in [4.78, 5) is 12.3. The van der Waals surface area contributed by atoms with E-state index in [0.717, 1.165) is 0 Å². The van der Waals surface area contributed by atoms with Crippen molar-refractivity contribution in [2.75, 3.05) is 13.2 Å². The smallest absolute Gasteiger partial charge is 0.321 e. The molecule has 4 N–H and O–H groups in total. The van der Waals surface area contributed by atoms with Crippen LogP contribution in [-0.2, 0) is 0 Å². The lowest BCUT2D eigenvalue weighted by atomic mass is 10.4. The number of hydrogen-bond acceptors (Lipinski definition) is 4. The molecule has 0 aliphatic rings. The number of carbonyl (C=O) groups is 1. The fraction of sp³-hybridized carbons (Fsp3) is 0.857. The Labute approximate surface area is 139 Å². The maximum atomic E-state index is 11.7. The molecule has 0 rings (SSSR count). The van der Waals surface area contributed by atoms with E-state index in [4.69, 9.17) is 74.7 Å². The molecule has 0 bridgehead atoms. The zero-order chi connectivity index (χ0) is 15.4. The van der Waals surface area contributed by atoms with Gasteiger partial charge in [-0.05, 0) is 0 Å². The van der Waals surface area contributed by atoms with E-state index in [0.29, 0.717) is 4.90 Å². The van der Waals surface area contributed by atoms with E-state index < -0.39 is 32.7 Å². The molecule has 0 aromatic rings. The number of aliphatic hydroxyl groups is 3. The van der Waals surface area contributed by atoms with Crippen molar-refractivity contribution in [2.45, 2.75) is 20.0 Å². The van der Waals surface area contributed by atoms with Crippen LogP contribution in [0.2, 0.25) is 0 Å². The summed E-state index contributed by atoms with van der Waals surface area (Å²) in [6, 6.07) is -1.10. The molecule has 0 aliphatic carbocycles. The van der Waals surface area contributed by atoms with Crippen molar-refractivity contribution in [3.05, 3.63) is 0 Å². The van der Waals surface area contributed by atoms with E-state index in [9.17, 15) is 15.0 Å². The van der Waals surface area contributed by atoms with Gasteiger partial charge in [0.2, 0.25) is 7.59 Å². The van der Waals surface area contributed by atoms with Crippen LogP contribution >= 0.6 is 69.6 Å². The Kier molecular flexibility index (Phi) is 8.14. The SMILES string of the molecule is O=C(NC(O)C(Cl)(Cl)Cl)N(CCO)C(O)C(Cl)(Cl)Cl. The molecule has 0 aliphatic heterocycles. The molecule has 114 valence electrons. The van der Waals surface area contributed by atoms with Crippen molar-refractivity contribution in [3.63, 3.8) is 0 Å². The number of urea groups is 1. The minimum Gasteiger partial charge on any atom is -0.395 e. The van der Waals surface area contributed by atoms with Crippen LogP contribution in [0.1, 0.15) is 0 Å². The zero-order valence-corrected chi connectivity index (χ0v) is 13.6. The average Bonchev–Trinajstić information content (AvgIpc) is 2.21. The first-order valence-electron chi connectivity index (χ1n) is 4.58. The maximum Gasteiger partial charge on any atom is 0.321 e. The van der Waals surface area contributed by atoms with Crippen LogP contribution in [0.5, 0.6) is 0 Å². The highest BCUT2D eigenvalue weighted by Crippen LogP contribution is 2.32. The van der Waals surface area contributed by atoms with Crippen molar-refractivity contribution >= 4 is 75.6 Å². The van der Waals surface area contributed by atoms with Gasteiger partial charge in [-0.3, -0.25) is 4.90 Å². The van der Waals surface area contributed by atoms with Gasteiger partial charge in [0.1, 0.15) is 0 Å². The quantitative estimate of drug-likeness (QED) is 0.425. The van der Waals surface area contributed by atoms with Crippen LogP contribution in [-0.4, -0.2) is 59.4 Å². The lowest BCUT2D eigenvalue weighted by Crippen LogP contribution is -2.56. The highest BCUT2D eigenvalue weighted by Gasteiger charge is 2.40. The highest BCUT2D eigenvalue weighted by atomic mass is 35.6. The lowest BCUT2D eigenvalue weighted by molar-refractivity contribution is 0.0183. The van der Waals surface area contributed by atoms with E-state index >= 15 is 0 Å². The number of nitrogens with one attached hydrogen (secondary N) is 1. The van der Waals surface area contributed by atoms with Crippen molar-refractivity contribution in [3.8, 4) is 0 Å². The van der Waals surface area contributed by atoms with Gasteiger partial charge < -0.3 is 20.6 Å². The predicted octanol–water partition coefficient (Wildman–Crippen LogP) is 1.37. The number of aliphatic hydroxyl groups excluding tert-OH is 3. The molecule has 2 atom stereocenters. The summed E-state index contributed by atoms with van der Waals surface area (Å²) in [5, 5.41) is 29.6. The highest BCUT2D eigenvalue weighted by molar-refractivity contribution is 6.68. The van der Waals surface area contributed by atoms with Crippen molar-refractivity contribution in [1.82, 2.24) is 10.2 Å². The molecular weight excluding hydrogens is 389 g/mol. The lowest BCUT2D eigenvalue weighted by Gasteiger charge is -2.33. The zero-order valence-electron chi connectivity index (χ0n) is 9.03. The number of hydrogen-bond donors (Lipinski definition) is 4. The van der Waals surface area contributed by atoms with E-state index in [1.807, 2.05) is 5.32 Å². The molecule has 0 radical (unpaired) electrons. The third-order valence-corrected chi connectivity index (χ3v) is 2.97. The molecule has 0 aromatic carbocycles. The second kappa shape index (κ2) is 7.77. The molecule has 12 heteroatoms. The standard InChI is InChI=1S/C7H10Cl6N2O4/c8-6(9,10)3(17)14-5(19)15(1-2-16)4(18)7(11,12)13/h3-4,16-18H,1-2H2,(H,14,19). The summed E-state index contributed by atoms with van der Waals surface area (Å²) in [6.07, 6.45) is -3.75.